The third-order valence-corrected chi connectivity index (χ3v) is 6.30. The van der Waals surface area contributed by atoms with Crippen molar-refractivity contribution < 1.29 is 9.59 Å². The molecule has 0 spiro atoms. The molecule has 3 aromatic rings. The highest BCUT2D eigenvalue weighted by molar-refractivity contribution is 6.07. The Hall–Kier alpha value is -3.18. The van der Waals surface area contributed by atoms with Crippen molar-refractivity contribution in [2.75, 3.05) is 19.6 Å². The topological polar surface area (TPSA) is 61.4 Å². The standard InChI is InChI=1S/C26H27N3O2/c30-25(28-20-12-13-20)17-29-15-14-19-7-2-4-10-22(19)24(29)16-27-26(31)23-11-5-8-18-6-1-3-9-21(18)23/h1-11,20,24H,12-17H2,(H,27,31)(H,28,30). The average Bonchev–Trinajstić information content (AvgIpc) is 3.61. The second kappa shape index (κ2) is 8.52. The summed E-state index contributed by atoms with van der Waals surface area (Å²) in [5, 5.41) is 8.24. The molecule has 158 valence electrons. The van der Waals surface area contributed by atoms with Crippen molar-refractivity contribution in [3.05, 3.63) is 83.4 Å². The van der Waals surface area contributed by atoms with Gasteiger partial charge in [0, 0.05) is 24.7 Å². The van der Waals surface area contributed by atoms with Crippen LogP contribution in [0, 0.1) is 0 Å². The van der Waals surface area contributed by atoms with E-state index in [1.54, 1.807) is 0 Å². The summed E-state index contributed by atoms with van der Waals surface area (Å²) in [6, 6.07) is 22.4. The number of amides is 2. The van der Waals surface area contributed by atoms with E-state index < -0.39 is 0 Å². The maximum atomic E-state index is 13.1. The lowest BCUT2D eigenvalue weighted by Gasteiger charge is -2.37. The van der Waals surface area contributed by atoms with Gasteiger partial charge in [-0.05, 0) is 47.2 Å². The first-order valence-electron chi connectivity index (χ1n) is 11.1. The molecule has 31 heavy (non-hydrogen) atoms. The zero-order valence-corrected chi connectivity index (χ0v) is 17.5. The quantitative estimate of drug-likeness (QED) is 0.651. The van der Waals surface area contributed by atoms with Crippen LogP contribution in [0.4, 0.5) is 0 Å². The van der Waals surface area contributed by atoms with Gasteiger partial charge < -0.3 is 10.6 Å². The van der Waals surface area contributed by atoms with Crippen LogP contribution in [0.3, 0.4) is 0 Å². The molecule has 1 heterocycles. The molecule has 2 N–H and O–H groups in total. The molecule has 0 saturated heterocycles. The summed E-state index contributed by atoms with van der Waals surface area (Å²) in [5.41, 5.74) is 3.18. The van der Waals surface area contributed by atoms with Gasteiger partial charge >= 0.3 is 0 Å². The highest BCUT2D eigenvalue weighted by Crippen LogP contribution is 2.29. The summed E-state index contributed by atoms with van der Waals surface area (Å²) in [7, 11) is 0. The SMILES string of the molecule is O=C(CN1CCc2ccccc2C1CNC(=O)c1cccc2ccccc12)NC1CC1. The first kappa shape index (κ1) is 19.8. The first-order chi connectivity index (χ1) is 15.2. The Bertz CT molecular complexity index is 1120. The van der Waals surface area contributed by atoms with E-state index in [9.17, 15) is 9.59 Å². The fourth-order valence-electron chi connectivity index (χ4n) is 4.53. The van der Waals surface area contributed by atoms with E-state index in [1.807, 2.05) is 48.5 Å². The van der Waals surface area contributed by atoms with Crippen LogP contribution in [0.1, 0.15) is 40.4 Å². The first-order valence-corrected chi connectivity index (χ1v) is 11.1. The number of hydrogen-bond acceptors (Lipinski definition) is 3. The molecule has 1 aliphatic heterocycles. The fraction of sp³-hybridized carbons (Fsp3) is 0.308. The van der Waals surface area contributed by atoms with E-state index in [2.05, 4.69) is 33.7 Å². The lowest BCUT2D eigenvalue weighted by Crippen LogP contribution is -2.46. The normalized spacial score (nSPS) is 18.4. The molecule has 5 nitrogen and oxygen atoms in total. The Balaban J connectivity index is 1.35. The molecule has 0 aromatic heterocycles. The maximum absolute atomic E-state index is 13.1. The highest BCUT2D eigenvalue weighted by Gasteiger charge is 2.30. The van der Waals surface area contributed by atoms with Crippen molar-refractivity contribution in [3.63, 3.8) is 0 Å². The Morgan fingerprint density at radius 1 is 0.935 bits per heavy atom. The predicted octanol–water partition coefficient (Wildman–Crippen LogP) is 3.45. The summed E-state index contributed by atoms with van der Waals surface area (Å²) in [6.45, 7) is 1.64. The molecule has 1 saturated carbocycles. The van der Waals surface area contributed by atoms with Gasteiger partial charge in [-0.1, -0.05) is 60.7 Å². The highest BCUT2D eigenvalue weighted by atomic mass is 16.2. The molecule has 1 unspecified atom stereocenters. The van der Waals surface area contributed by atoms with Crippen molar-refractivity contribution in [1.82, 2.24) is 15.5 Å². The van der Waals surface area contributed by atoms with Crippen LogP contribution < -0.4 is 10.6 Å². The summed E-state index contributed by atoms with van der Waals surface area (Å²) < 4.78 is 0. The second-order valence-electron chi connectivity index (χ2n) is 8.51. The monoisotopic (exact) mass is 413 g/mol. The van der Waals surface area contributed by atoms with Crippen LogP contribution >= 0.6 is 0 Å². The van der Waals surface area contributed by atoms with E-state index in [0.717, 1.165) is 36.6 Å². The second-order valence-corrected chi connectivity index (χ2v) is 8.51. The van der Waals surface area contributed by atoms with E-state index >= 15 is 0 Å². The van der Waals surface area contributed by atoms with Crippen molar-refractivity contribution in [2.24, 2.45) is 0 Å². The third kappa shape index (κ3) is 4.32. The number of nitrogens with one attached hydrogen (secondary N) is 2. The third-order valence-electron chi connectivity index (χ3n) is 6.30. The van der Waals surface area contributed by atoms with Gasteiger partial charge in [-0.25, -0.2) is 0 Å². The number of benzene rings is 3. The molecule has 0 bridgehead atoms. The molecule has 1 fully saturated rings. The minimum Gasteiger partial charge on any atom is -0.352 e. The molecule has 1 aliphatic carbocycles. The summed E-state index contributed by atoms with van der Waals surface area (Å²) in [5.74, 6) is -0.00509. The molecular formula is C26H27N3O2. The summed E-state index contributed by atoms with van der Waals surface area (Å²) in [4.78, 5) is 27.8. The largest absolute Gasteiger partial charge is 0.352 e. The Kier molecular flexibility index (Phi) is 5.43. The van der Waals surface area contributed by atoms with Gasteiger partial charge in [0.2, 0.25) is 5.91 Å². The van der Waals surface area contributed by atoms with Gasteiger partial charge in [0.1, 0.15) is 0 Å². The van der Waals surface area contributed by atoms with E-state index in [0.29, 0.717) is 24.7 Å². The van der Waals surface area contributed by atoms with Crippen LogP contribution in [0.5, 0.6) is 0 Å². The van der Waals surface area contributed by atoms with Gasteiger partial charge in [0.05, 0.1) is 12.6 Å². The smallest absolute Gasteiger partial charge is 0.251 e. The molecular weight excluding hydrogens is 386 g/mol. The zero-order chi connectivity index (χ0) is 21.2. The molecule has 3 aromatic carbocycles. The summed E-state index contributed by atoms with van der Waals surface area (Å²) in [6.07, 6.45) is 3.08. The molecule has 0 radical (unpaired) electrons. The van der Waals surface area contributed by atoms with Gasteiger partial charge in [-0.15, -0.1) is 0 Å². The fourth-order valence-corrected chi connectivity index (χ4v) is 4.53. The molecule has 1 atom stereocenters. The van der Waals surface area contributed by atoms with Crippen LogP contribution in [-0.2, 0) is 11.2 Å². The number of carbonyl (C=O) groups is 2. The summed E-state index contributed by atoms with van der Waals surface area (Å²) >= 11 is 0. The van der Waals surface area contributed by atoms with Gasteiger partial charge in [0.25, 0.3) is 5.91 Å². The van der Waals surface area contributed by atoms with E-state index in [4.69, 9.17) is 0 Å². The maximum Gasteiger partial charge on any atom is 0.251 e. The predicted molar refractivity (Wildman–Crippen MR) is 122 cm³/mol. The van der Waals surface area contributed by atoms with Crippen molar-refractivity contribution in [3.8, 4) is 0 Å². The number of nitrogens with zero attached hydrogens (tertiary/aromatic N) is 1. The molecule has 5 rings (SSSR count). The zero-order valence-electron chi connectivity index (χ0n) is 17.5. The minimum atomic E-state index is -0.0813. The lowest BCUT2D eigenvalue weighted by molar-refractivity contribution is -0.123. The molecule has 5 heteroatoms. The number of fused-ring (bicyclic) bond motifs is 2. The number of rotatable bonds is 6. The van der Waals surface area contributed by atoms with Gasteiger partial charge in [-0.2, -0.15) is 0 Å². The lowest BCUT2D eigenvalue weighted by atomic mass is 9.92. The number of hydrogen-bond donors (Lipinski definition) is 2. The average molecular weight is 414 g/mol. The van der Waals surface area contributed by atoms with Gasteiger partial charge in [-0.3, -0.25) is 14.5 Å². The Labute approximate surface area is 182 Å². The molecule has 2 amide bonds. The van der Waals surface area contributed by atoms with Crippen molar-refractivity contribution in [1.29, 1.82) is 0 Å². The van der Waals surface area contributed by atoms with Crippen molar-refractivity contribution >= 4 is 22.6 Å². The van der Waals surface area contributed by atoms with Crippen LogP contribution in [-0.4, -0.2) is 42.4 Å². The van der Waals surface area contributed by atoms with Crippen molar-refractivity contribution in [2.45, 2.75) is 31.3 Å². The Morgan fingerprint density at radius 2 is 1.71 bits per heavy atom. The number of carbonyl (C=O) groups excluding carboxylic acids is 2. The Morgan fingerprint density at radius 3 is 2.58 bits per heavy atom. The van der Waals surface area contributed by atoms with Crippen LogP contribution in [0.15, 0.2) is 66.7 Å². The van der Waals surface area contributed by atoms with Crippen LogP contribution in [0.2, 0.25) is 0 Å². The minimum absolute atomic E-state index is 0.0196. The van der Waals surface area contributed by atoms with Crippen LogP contribution in [0.25, 0.3) is 10.8 Å². The van der Waals surface area contributed by atoms with E-state index in [1.165, 1.54) is 11.1 Å². The van der Waals surface area contributed by atoms with Gasteiger partial charge in [0.15, 0.2) is 0 Å². The molecule has 2 aliphatic rings. The van der Waals surface area contributed by atoms with E-state index in [-0.39, 0.29) is 17.9 Å².